The van der Waals surface area contributed by atoms with Crippen molar-refractivity contribution in [1.82, 2.24) is 19.8 Å². The van der Waals surface area contributed by atoms with E-state index in [9.17, 15) is 4.79 Å². The van der Waals surface area contributed by atoms with Gasteiger partial charge >= 0.3 is 0 Å². The number of carbonyl (C=O) groups is 1. The highest BCUT2D eigenvalue weighted by Crippen LogP contribution is 2.24. The number of amides is 1. The number of piperidine rings is 1. The van der Waals surface area contributed by atoms with Crippen LogP contribution < -0.4 is 0 Å². The first-order valence-electron chi connectivity index (χ1n) is 9.95. The number of hydrogen-bond donors (Lipinski definition) is 0. The summed E-state index contributed by atoms with van der Waals surface area (Å²) in [6, 6.07) is 8.64. The zero-order chi connectivity index (χ0) is 17.9. The average molecular weight is 352 g/mol. The molecule has 2 saturated heterocycles. The van der Waals surface area contributed by atoms with Gasteiger partial charge in [-0.2, -0.15) is 0 Å². The number of para-hydroxylation sites is 2. The molecule has 2 fully saturated rings. The number of fused-ring (bicyclic) bond motifs is 1. The lowest BCUT2D eigenvalue weighted by molar-refractivity contribution is -0.127. The summed E-state index contributed by atoms with van der Waals surface area (Å²) in [5.74, 6) is 0.337. The first kappa shape index (κ1) is 17.4. The summed E-state index contributed by atoms with van der Waals surface area (Å²) in [6.45, 7) is 5.90. The Bertz CT molecular complexity index is 791. The van der Waals surface area contributed by atoms with Crippen molar-refractivity contribution >= 4 is 16.9 Å². The van der Waals surface area contributed by atoms with E-state index < -0.39 is 0 Å². The Labute approximate surface area is 155 Å². The Morgan fingerprint density at radius 2 is 1.88 bits per heavy atom. The number of rotatable bonds is 5. The maximum absolute atomic E-state index is 11.9. The van der Waals surface area contributed by atoms with E-state index in [4.69, 9.17) is 9.97 Å². The number of benzene rings is 1. The fourth-order valence-corrected chi connectivity index (χ4v) is 4.31. The fraction of sp³-hybridized carbons (Fsp3) is 0.571. The Morgan fingerprint density at radius 1 is 1.08 bits per heavy atom. The smallest absolute Gasteiger partial charge is 0.222 e. The molecule has 0 bridgehead atoms. The molecule has 1 atom stereocenters. The summed E-state index contributed by atoms with van der Waals surface area (Å²) in [4.78, 5) is 26.1. The molecular formula is C21H28N4O. The highest BCUT2D eigenvalue weighted by atomic mass is 16.2. The minimum absolute atomic E-state index is 0.337. The number of carbonyl (C=O) groups excluding carboxylic acids is 1. The standard InChI is InChI=1S/C21H28N4O/c1-16-20(23-19-9-3-2-8-18(19)22-16)15-25-12-5-4-7-17(25)11-14-24-13-6-10-21(24)26/h2-3,8-9,17H,4-7,10-15H2,1H3. The molecule has 5 nitrogen and oxygen atoms in total. The van der Waals surface area contributed by atoms with Crippen molar-refractivity contribution < 1.29 is 4.79 Å². The number of nitrogens with zero attached hydrogens (tertiary/aromatic N) is 4. The van der Waals surface area contributed by atoms with Crippen LogP contribution >= 0.6 is 0 Å². The molecule has 1 unspecified atom stereocenters. The zero-order valence-electron chi connectivity index (χ0n) is 15.7. The van der Waals surface area contributed by atoms with Gasteiger partial charge in [-0.25, -0.2) is 9.97 Å². The zero-order valence-corrected chi connectivity index (χ0v) is 15.7. The van der Waals surface area contributed by atoms with E-state index in [0.29, 0.717) is 11.9 Å². The Balaban J connectivity index is 1.46. The van der Waals surface area contributed by atoms with E-state index in [1.165, 1.54) is 19.3 Å². The van der Waals surface area contributed by atoms with Crippen LogP contribution in [0, 0.1) is 6.92 Å². The van der Waals surface area contributed by atoms with Crippen LogP contribution in [-0.2, 0) is 11.3 Å². The molecule has 2 aromatic rings. The molecule has 0 spiro atoms. The van der Waals surface area contributed by atoms with Crippen molar-refractivity contribution in [2.24, 2.45) is 0 Å². The summed E-state index contributed by atoms with van der Waals surface area (Å²) >= 11 is 0. The lowest BCUT2D eigenvalue weighted by atomic mass is 9.98. The van der Waals surface area contributed by atoms with E-state index >= 15 is 0 Å². The van der Waals surface area contributed by atoms with Crippen molar-refractivity contribution in [2.75, 3.05) is 19.6 Å². The molecule has 4 rings (SSSR count). The third kappa shape index (κ3) is 3.73. The van der Waals surface area contributed by atoms with Crippen LogP contribution in [0.4, 0.5) is 0 Å². The lowest BCUT2D eigenvalue weighted by Gasteiger charge is -2.36. The summed E-state index contributed by atoms with van der Waals surface area (Å²) in [7, 11) is 0. The molecule has 26 heavy (non-hydrogen) atoms. The normalized spacial score (nSPS) is 21.7. The number of hydrogen-bond acceptors (Lipinski definition) is 4. The first-order valence-corrected chi connectivity index (χ1v) is 9.95. The van der Waals surface area contributed by atoms with Crippen molar-refractivity contribution in [3.8, 4) is 0 Å². The summed E-state index contributed by atoms with van der Waals surface area (Å²) in [6.07, 6.45) is 6.60. The second-order valence-corrected chi connectivity index (χ2v) is 7.64. The van der Waals surface area contributed by atoms with Crippen LogP contribution in [0.25, 0.3) is 11.0 Å². The number of aromatic nitrogens is 2. The molecule has 5 heteroatoms. The van der Waals surface area contributed by atoms with Gasteiger partial charge in [0.25, 0.3) is 0 Å². The molecule has 2 aliphatic heterocycles. The maximum atomic E-state index is 11.9. The third-order valence-corrected chi connectivity index (χ3v) is 5.85. The molecule has 0 saturated carbocycles. The lowest BCUT2D eigenvalue weighted by Crippen LogP contribution is -2.41. The van der Waals surface area contributed by atoms with E-state index in [-0.39, 0.29) is 0 Å². The molecule has 0 radical (unpaired) electrons. The SMILES string of the molecule is Cc1nc2ccccc2nc1CN1CCCCC1CCN1CCCC1=O. The minimum Gasteiger partial charge on any atom is -0.343 e. The van der Waals surface area contributed by atoms with Gasteiger partial charge < -0.3 is 4.90 Å². The Morgan fingerprint density at radius 3 is 2.65 bits per heavy atom. The minimum atomic E-state index is 0.337. The highest BCUT2D eigenvalue weighted by Gasteiger charge is 2.26. The summed E-state index contributed by atoms with van der Waals surface area (Å²) in [5, 5.41) is 0. The van der Waals surface area contributed by atoms with Crippen LogP contribution in [0.1, 0.15) is 49.9 Å². The summed E-state index contributed by atoms with van der Waals surface area (Å²) < 4.78 is 0. The second kappa shape index (κ2) is 7.70. The topological polar surface area (TPSA) is 49.3 Å². The highest BCUT2D eigenvalue weighted by molar-refractivity contribution is 5.78. The van der Waals surface area contributed by atoms with Gasteiger partial charge in [-0.3, -0.25) is 9.69 Å². The number of aryl methyl sites for hydroxylation is 1. The van der Waals surface area contributed by atoms with E-state index in [2.05, 4.69) is 11.8 Å². The monoisotopic (exact) mass is 352 g/mol. The molecular weight excluding hydrogens is 324 g/mol. The molecule has 3 heterocycles. The second-order valence-electron chi connectivity index (χ2n) is 7.64. The van der Waals surface area contributed by atoms with Crippen LogP contribution in [0.3, 0.4) is 0 Å². The molecule has 0 N–H and O–H groups in total. The molecule has 138 valence electrons. The van der Waals surface area contributed by atoms with E-state index in [1.807, 2.05) is 29.2 Å². The van der Waals surface area contributed by atoms with Crippen molar-refractivity contribution in [2.45, 2.75) is 58.0 Å². The van der Waals surface area contributed by atoms with Gasteiger partial charge in [0.1, 0.15) is 0 Å². The van der Waals surface area contributed by atoms with Gasteiger partial charge in [-0.15, -0.1) is 0 Å². The van der Waals surface area contributed by atoms with E-state index in [0.717, 1.165) is 67.9 Å². The predicted molar refractivity (Wildman–Crippen MR) is 103 cm³/mol. The van der Waals surface area contributed by atoms with Gasteiger partial charge in [0, 0.05) is 32.1 Å². The van der Waals surface area contributed by atoms with Gasteiger partial charge in [-0.1, -0.05) is 18.6 Å². The Hall–Kier alpha value is -2.01. The van der Waals surface area contributed by atoms with Crippen molar-refractivity contribution in [3.05, 3.63) is 35.7 Å². The van der Waals surface area contributed by atoms with Crippen LogP contribution in [-0.4, -0.2) is 51.4 Å². The van der Waals surface area contributed by atoms with Gasteiger partial charge in [0.2, 0.25) is 5.91 Å². The van der Waals surface area contributed by atoms with E-state index in [1.54, 1.807) is 0 Å². The summed E-state index contributed by atoms with van der Waals surface area (Å²) in [5.41, 5.74) is 4.07. The van der Waals surface area contributed by atoms with Gasteiger partial charge in [0.15, 0.2) is 0 Å². The van der Waals surface area contributed by atoms with Gasteiger partial charge in [-0.05, 0) is 51.3 Å². The molecule has 1 amide bonds. The molecule has 2 aliphatic rings. The number of likely N-dealkylation sites (tertiary alicyclic amines) is 2. The maximum Gasteiger partial charge on any atom is 0.222 e. The van der Waals surface area contributed by atoms with Crippen molar-refractivity contribution in [1.29, 1.82) is 0 Å². The quantitative estimate of drug-likeness (QED) is 0.828. The fourth-order valence-electron chi connectivity index (χ4n) is 4.31. The van der Waals surface area contributed by atoms with Crippen molar-refractivity contribution in [3.63, 3.8) is 0 Å². The third-order valence-electron chi connectivity index (χ3n) is 5.85. The molecule has 0 aliphatic carbocycles. The molecule has 1 aromatic carbocycles. The first-order chi connectivity index (χ1) is 12.7. The van der Waals surface area contributed by atoms with Gasteiger partial charge in [0.05, 0.1) is 22.4 Å². The molecule has 1 aromatic heterocycles. The largest absolute Gasteiger partial charge is 0.343 e. The predicted octanol–water partition coefficient (Wildman–Crippen LogP) is 3.31. The Kier molecular flexibility index (Phi) is 5.16. The van der Waals surface area contributed by atoms with Crippen LogP contribution in [0.15, 0.2) is 24.3 Å². The van der Waals surface area contributed by atoms with Crippen LogP contribution in [0.2, 0.25) is 0 Å². The van der Waals surface area contributed by atoms with Crippen LogP contribution in [0.5, 0.6) is 0 Å². The average Bonchev–Trinajstić information content (AvgIpc) is 3.06.